The van der Waals surface area contributed by atoms with Crippen LogP contribution in [-0.2, 0) is 16.0 Å². The van der Waals surface area contributed by atoms with E-state index in [4.69, 9.17) is 23.0 Å². The van der Waals surface area contributed by atoms with E-state index in [1.807, 2.05) is 6.07 Å². The van der Waals surface area contributed by atoms with Crippen molar-refractivity contribution in [3.63, 3.8) is 0 Å². The molecule has 0 fully saturated rings. The fourth-order valence-corrected chi connectivity index (χ4v) is 4.39. The van der Waals surface area contributed by atoms with Gasteiger partial charge in [-0.25, -0.2) is 0 Å². The van der Waals surface area contributed by atoms with Crippen molar-refractivity contribution >= 4 is 27.9 Å². The zero-order valence-corrected chi connectivity index (χ0v) is 18.9. The molecule has 5 aromatic rings. The molecule has 2 aromatic heterocycles. The fraction of sp³-hybridized carbons (Fsp3) is 0.111. The van der Waals surface area contributed by atoms with E-state index in [0.29, 0.717) is 28.2 Å². The smallest absolute Gasteiger partial charge is 0.310 e. The highest BCUT2D eigenvalue weighted by Crippen LogP contribution is 2.48. The first kappa shape index (κ1) is 21.6. The number of rotatable bonds is 4. The lowest BCUT2D eigenvalue weighted by atomic mass is 10.00. The molecule has 1 aliphatic heterocycles. The summed E-state index contributed by atoms with van der Waals surface area (Å²) < 4.78 is 27.9. The predicted octanol–water partition coefficient (Wildman–Crippen LogP) is 4.73. The number of esters is 1. The molecular weight excluding hydrogens is 468 g/mol. The molecule has 0 saturated heterocycles. The second kappa shape index (κ2) is 8.09. The van der Waals surface area contributed by atoms with Crippen molar-refractivity contribution in [1.29, 1.82) is 0 Å². The van der Waals surface area contributed by atoms with E-state index in [1.54, 1.807) is 42.5 Å². The molecule has 0 unspecified atom stereocenters. The Morgan fingerprint density at radius 3 is 2.44 bits per heavy atom. The quantitative estimate of drug-likeness (QED) is 0.274. The zero-order valence-electron chi connectivity index (χ0n) is 18.9. The molecule has 2 N–H and O–H groups in total. The van der Waals surface area contributed by atoms with Crippen LogP contribution in [0.25, 0.3) is 44.6 Å². The number of methoxy groups -OCH3 is 1. The van der Waals surface area contributed by atoms with Gasteiger partial charge in [-0.05, 0) is 18.2 Å². The average molecular weight is 486 g/mol. The third-order valence-electron chi connectivity index (χ3n) is 6.10. The number of phenolic OH excluding ortho intramolecular Hbond substituents is 2. The van der Waals surface area contributed by atoms with Crippen LogP contribution < -0.4 is 14.9 Å². The van der Waals surface area contributed by atoms with E-state index in [2.05, 4.69) is 0 Å². The molecule has 0 spiro atoms. The lowest BCUT2D eigenvalue weighted by molar-refractivity contribution is -0.139. The maximum absolute atomic E-state index is 13.1. The molecule has 36 heavy (non-hydrogen) atoms. The Labute approximate surface area is 202 Å². The molecule has 0 bridgehead atoms. The van der Waals surface area contributed by atoms with Gasteiger partial charge in [0.05, 0.1) is 18.9 Å². The fourth-order valence-electron chi connectivity index (χ4n) is 4.39. The Morgan fingerprint density at radius 2 is 1.67 bits per heavy atom. The second-order valence-electron chi connectivity index (χ2n) is 8.18. The maximum Gasteiger partial charge on any atom is 0.310 e. The summed E-state index contributed by atoms with van der Waals surface area (Å²) in [7, 11) is 1.25. The van der Waals surface area contributed by atoms with E-state index >= 15 is 0 Å². The van der Waals surface area contributed by atoms with Gasteiger partial charge in [-0.1, -0.05) is 30.3 Å². The molecule has 0 saturated carbocycles. The van der Waals surface area contributed by atoms with Gasteiger partial charge in [-0.15, -0.1) is 0 Å². The lowest BCUT2D eigenvalue weighted by Gasteiger charge is -2.08. The summed E-state index contributed by atoms with van der Waals surface area (Å²) in [5, 5.41) is 21.5. The van der Waals surface area contributed by atoms with Crippen LogP contribution in [0.1, 0.15) is 5.56 Å². The topological polar surface area (TPSA) is 129 Å². The van der Waals surface area contributed by atoms with Crippen molar-refractivity contribution in [1.82, 2.24) is 0 Å². The van der Waals surface area contributed by atoms with Gasteiger partial charge in [0.1, 0.15) is 16.9 Å². The van der Waals surface area contributed by atoms with Crippen LogP contribution in [0.15, 0.2) is 68.2 Å². The van der Waals surface area contributed by atoms with Gasteiger partial charge in [0.15, 0.2) is 33.8 Å². The third kappa shape index (κ3) is 3.24. The number of phenols is 2. The van der Waals surface area contributed by atoms with Crippen LogP contribution in [0.3, 0.4) is 0 Å². The lowest BCUT2D eigenvalue weighted by Crippen LogP contribution is -2.06. The molecule has 9 nitrogen and oxygen atoms in total. The van der Waals surface area contributed by atoms with Gasteiger partial charge < -0.3 is 33.3 Å². The minimum Gasteiger partial charge on any atom is -0.504 e. The standard InChI is InChI=1S/C27H18O9/c1-32-20(29)10-15-21-26-22(16(28)11-18(35-26)13-5-3-2-4-6-13)23(30)24(31)27(21)36-25(15)14-7-8-17-19(9-14)34-12-33-17/h2-9,11,30-31H,10,12H2,1H3. The van der Waals surface area contributed by atoms with Crippen molar-refractivity contribution < 1.29 is 38.1 Å². The van der Waals surface area contributed by atoms with Gasteiger partial charge in [0, 0.05) is 22.8 Å². The number of hydrogen-bond donors (Lipinski definition) is 2. The Balaban J connectivity index is 1.72. The number of hydrogen-bond acceptors (Lipinski definition) is 9. The van der Waals surface area contributed by atoms with Crippen LogP contribution in [0.5, 0.6) is 23.0 Å². The van der Waals surface area contributed by atoms with E-state index < -0.39 is 22.9 Å². The zero-order chi connectivity index (χ0) is 25.0. The number of fused-ring (bicyclic) bond motifs is 4. The summed E-state index contributed by atoms with van der Waals surface area (Å²) in [6.07, 6.45) is -0.258. The van der Waals surface area contributed by atoms with Gasteiger partial charge in [-0.3, -0.25) is 9.59 Å². The Kier molecular flexibility index (Phi) is 4.85. The normalized spacial score (nSPS) is 12.4. The molecule has 0 aliphatic carbocycles. The Hall–Kier alpha value is -4.92. The first-order valence-corrected chi connectivity index (χ1v) is 11.0. The van der Waals surface area contributed by atoms with Gasteiger partial charge in [0.2, 0.25) is 12.5 Å². The Morgan fingerprint density at radius 1 is 0.889 bits per heavy atom. The highest BCUT2D eigenvalue weighted by molar-refractivity contribution is 6.13. The Bertz CT molecular complexity index is 1730. The van der Waals surface area contributed by atoms with Crippen molar-refractivity contribution in [3.05, 3.63) is 70.4 Å². The van der Waals surface area contributed by atoms with E-state index in [9.17, 15) is 19.8 Å². The molecule has 1 aliphatic rings. The highest BCUT2D eigenvalue weighted by Gasteiger charge is 2.29. The van der Waals surface area contributed by atoms with Crippen LogP contribution in [0, 0.1) is 0 Å². The summed E-state index contributed by atoms with van der Waals surface area (Å²) in [6.45, 7) is 0.0701. The molecule has 6 rings (SSSR count). The van der Waals surface area contributed by atoms with Crippen molar-refractivity contribution in [2.24, 2.45) is 0 Å². The second-order valence-corrected chi connectivity index (χ2v) is 8.18. The van der Waals surface area contributed by atoms with Crippen molar-refractivity contribution in [2.75, 3.05) is 13.9 Å². The third-order valence-corrected chi connectivity index (χ3v) is 6.10. The minimum atomic E-state index is -0.679. The van der Waals surface area contributed by atoms with Crippen LogP contribution in [-0.4, -0.2) is 30.1 Å². The molecule has 180 valence electrons. The number of aromatic hydroxyl groups is 2. The molecule has 3 heterocycles. The van der Waals surface area contributed by atoms with Crippen LogP contribution in [0.2, 0.25) is 0 Å². The SMILES string of the molecule is COC(=O)Cc1c(-c2ccc3c(c2)OCO3)oc2c(O)c(O)c3c(=O)cc(-c4ccccc4)oc3c12. The summed E-state index contributed by atoms with van der Waals surface area (Å²) >= 11 is 0. The predicted molar refractivity (Wildman–Crippen MR) is 128 cm³/mol. The number of furan rings is 1. The van der Waals surface area contributed by atoms with E-state index in [-0.39, 0.29) is 46.7 Å². The summed E-state index contributed by atoms with van der Waals surface area (Å²) in [6, 6.07) is 15.3. The maximum atomic E-state index is 13.1. The van der Waals surface area contributed by atoms with Gasteiger partial charge in [-0.2, -0.15) is 0 Å². The number of benzene rings is 3. The van der Waals surface area contributed by atoms with E-state index in [0.717, 1.165) is 0 Å². The molecular formula is C27H18O9. The molecule has 0 radical (unpaired) electrons. The number of carbonyl (C=O) groups is 1. The monoisotopic (exact) mass is 486 g/mol. The number of carbonyl (C=O) groups excluding carboxylic acids is 1. The molecule has 0 atom stereocenters. The molecule has 0 amide bonds. The van der Waals surface area contributed by atoms with E-state index in [1.165, 1.54) is 13.2 Å². The molecule has 3 aromatic carbocycles. The van der Waals surface area contributed by atoms with Gasteiger partial charge in [0.25, 0.3) is 0 Å². The number of ether oxygens (including phenoxy) is 3. The highest BCUT2D eigenvalue weighted by atomic mass is 16.7. The first-order valence-electron chi connectivity index (χ1n) is 11.0. The largest absolute Gasteiger partial charge is 0.504 e. The summed E-state index contributed by atoms with van der Waals surface area (Å²) in [5.41, 5.74) is 0.722. The van der Waals surface area contributed by atoms with Crippen LogP contribution in [0.4, 0.5) is 0 Å². The summed E-state index contributed by atoms with van der Waals surface area (Å²) in [4.78, 5) is 25.5. The van der Waals surface area contributed by atoms with Crippen molar-refractivity contribution in [3.8, 4) is 45.6 Å². The molecule has 9 heteroatoms. The minimum absolute atomic E-state index is 0.0266. The first-order chi connectivity index (χ1) is 17.5. The van der Waals surface area contributed by atoms with Crippen molar-refractivity contribution in [2.45, 2.75) is 6.42 Å². The summed E-state index contributed by atoms with van der Waals surface area (Å²) in [5.74, 6) is -0.419. The van der Waals surface area contributed by atoms with Gasteiger partial charge >= 0.3 is 5.97 Å². The average Bonchev–Trinajstić information content (AvgIpc) is 3.52. The van der Waals surface area contributed by atoms with Crippen LogP contribution >= 0.6 is 0 Å².